The van der Waals surface area contributed by atoms with E-state index < -0.39 is 0 Å². The Morgan fingerprint density at radius 3 is 2.93 bits per heavy atom. The van der Waals surface area contributed by atoms with Gasteiger partial charge < -0.3 is 10.3 Å². The highest BCUT2D eigenvalue weighted by Gasteiger charge is 2.20. The molecule has 1 heterocycles. The van der Waals surface area contributed by atoms with Gasteiger partial charge in [0.15, 0.2) is 0 Å². The summed E-state index contributed by atoms with van der Waals surface area (Å²) in [6.45, 7) is 1.98. The van der Waals surface area contributed by atoms with E-state index in [1.165, 1.54) is 25.7 Å². The maximum atomic E-state index is 5.70. The fraction of sp³-hybridized carbons (Fsp3) is 0.727. The molecular formula is C11H18N2O. The number of rotatable bonds is 3. The number of hydrogen-bond acceptors (Lipinski definition) is 3. The van der Waals surface area contributed by atoms with E-state index in [0.717, 1.165) is 17.9 Å². The summed E-state index contributed by atoms with van der Waals surface area (Å²) in [5, 5.41) is 4.12. The van der Waals surface area contributed by atoms with Gasteiger partial charge in [-0.3, -0.25) is 0 Å². The average Bonchev–Trinajstić information content (AvgIpc) is 2.69. The molecule has 0 saturated heterocycles. The molecule has 1 aliphatic carbocycles. The highest BCUT2D eigenvalue weighted by Crippen LogP contribution is 2.33. The number of hydrogen-bond donors (Lipinski definition) is 1. The molecule has 0 amide bonds. The van der Waals surface area contributed by atoms with Crippen LogP contribution < -0.4 is 5.73 Å². The van der Waals surface area contributed by atoms with Crippen LogP contribution in [0.2, 0.25) is 0 Å². The molecule has 14 heavy (non-hydrogen) atoms. The van der Waals surface area contributed by atoms with Gasteiger partial charge in [-0.2, -0.15) is 0 Å². The fourth-order valence-electron chi connectivity index (χ4n) is 2.16. The zero-order valence-corrected chi connectivity index (χ0v) is 8.70. The van der Waals surface area contributed by atoms with Crippen LogP contribution in [0.3, 0.4) is 0 Å². The van der Waals surface area contributed by atoms with Gasteiger partial charge in [-0.25, -0.2) is 0 Å². The Hall–Kier alpha value is -0.830. The van der Waals surface area contributed by atoms with Crippen LogP contribution in [0.1, 0.15) is 50.0 Å². The minimum Gasteiger partial charge on any atom is -0.361 e. The van der Waals surface area contributed by atoms with Crippen LogP contribution in [0, 0.1) is 0 Å². The monoisotopic (exact) mass is 194 g/mol. The first kappa shape index (κ1) is 9.71. The van der Waals surface area contributed by atoms with Crippen molar-refractivity contribution >= 4 is 0 Å². The zero-order valence-electron chi connectivity index (χ0n) is 8.70. The van der Waals surface area contributed by atoms with Gasteiger partial charge in [0.25, 0.3) is 0 Å². The van der Waals surface area contributed by atoms with Gasteiger partial charge in [-0.15, -0.1) is 0 Å². The quantitative estimate of drug-likeness (QED) is 0.802. The molecule has 2 N–H and O–H groups in total. The van der Waals surface area contributed by atoms with Gasteiger partial charge in [0.1, 0.15) is 5.76 Å². The second kappa shape index (κ2) is 4.13. The molecule has 0 aromatic carbocycles. The summed E-state index contributed by atoms with van der Waals surface area (Å²) in [5.74, 6) is 1.57. The van der Waals surface area contributed by atoms with Crippen LogP contribution in [0.15, 0.2) is 10.6 Å². The minimum absolute atomic E-state index is 0.152. The predicted octanol–water partition coefficient (Wildman–Crippen LogP) is 2.22. The first-order chi connectivity index (χ1) is 6.75. The Morgan fingerprint density at radius 2 is 2.29 bits per heavy atom. The lowest BCUT2D eigenvalue weighted by atomic mass is 10.0. The molecule has 3 heteroatoms. The smallest absolute Gasteiger partial charge is 0.138 e. The van der Waals surface area contributed by atoms with E-state index in [9.17, 15) is 0 Å². The molecule has 0 bridgehead atoms. The molecule has 0 aliphatic heterocycles. The van der Waals surface area contributed by atoms with E-state index in [4.69, 9.17) is 10.3 Å². The number of nitrogens with two attached hydrogens (primary N) is 1. The van der Waals surface area contributed by atoms with Gasteiger partial charge in [-0.05, 0) is 19.8 Å². The largest absolute Gasteiger partial charge is 0.361 e. The Balaban J connectivity index is 2.01. The van der Waals surface area contributed by atoms with Crippen LogP contribution in [-0.4, -0.2) is 11.2 Å². The summed E-state index contributed by atoms with van der Waals surface area (Å²) in [6, 6.07) is 2.23. The average molecular weight is 194 g/mol. The summed E-state index contributed by atoms with van der Waals surface area (Å²) in [7, 11) is 0. The zero-order chi connectivity index (χ0) is 9.97. The highest BCUT2D eigenvalue weighted by atomic mass is 16.5. The van der Waals surface area contributed by atoms with Crippen molar-refractivity contribution in [1.82, 2.24) is 5.16 Å². The summed E-state index contributed by atoms with van der Waals surface area (Å²) in [6.07, 6.45) is 5.99. The molecule has 1 atom stereocenters. The first-order valence-corrected chi connectivity index (χ1v) is 5.47. The van der Waals surface area contributed by atoms with Crippen molar-refractivity contribution in [3.05, 3.63) is 17.5 Å². The first-order valence-electron chi connectivity index (χ1n) is 5.47. The Morgan fingerprint density at radius 1 is 1.57 bits per heavy atom. The molecule has 3 nitrogen and oxygen atoms in total. The maximum absolute atomic E-state index is 5.70. The maximum Gasteiger partial charge on any atom is 0.138 e. The van der Waals surface area contributed by atoms with Crippen molar-refractivity contribution in [2.45, 2.75) is 51.0 Å². The van der Waals surface area contributed by atoms with E-state index in [1.54, 1.807) is 0 Å². The molecule has 1 saturated carbocycles. The molecule has 0 radical (unpaired) electrons. The van der Waals surface area contributed by atoms with Crippen molar-refractivity contribution in [3.63, 3.8) is 0 Å². The van der Waals surface area contributed by atoms with Gasteiger partial charge >= 0.3 is 0 Å². The SMILES string of the molecule is CC(N)Cc1cc(C2CCCC2)no1. The third-order valence-corrected chi connectivity index (χ3v) is 2.87. The number of aromatic nitrogens is 1. The Kier molecular flexibility index (Phi) is 2.87. The van der Waals surface area contributed by atoms with Crippen molar-refractivity contribution in [1.29, 1.82) is 0 Å². The second-order valence-corrected chi connectivity index (χ2v) is 4.38. The van der Waals surface area contributed by atoms with Crippen LogP contribution in [-0.2, 0) is 6.42 Å². The summed E-state index contributed by atoms with van der Waals surface area (Å²) < 4.78 is 5.26. The van der Waals surface area contributed by atoms with E-state index >= 15 is 0 Å². The molecule has 1 unspecified atom stereocenters. The molecule has 2 rings (SSSR count). The summed E-state index contributed by atoms with van der Waals surface area (Å²) in [5.41, 5.74) is 6.84. The van der Waals surface area contributed by atoms with Crippen molar-refractivity contribution < 1.29 is 4.52 Å². The lowest BCUT2D eigenvalue weighted by molar-refractivity contribution is 0.367. The molecule has 1 aliphatic rings. The highest BCUT2D eigenvalue weighted by molar-refractivity contribution is 5.12. The third kappa shape index (κ3) is 2.15. The fourth-order valence-corrected chi connectivity index (χ4v) is 2.16. The van der Waals surface area contributed by atoms with Crippen molar-refractivity contribution in [3.8, 4) is 0 Å². The topological polar surface area (TPSA) is 52.0 Å². The normalized spacial score (nSPS) is 20.1. The summed E-state index contributed by atoms with van der Waals surface area (Å²) in [4.78, 5) is 0. The predicted molar refractivity (Wildman–Crippen MR) is 55.1 cm³/mol. The lowest BCUT2D eigenvalue weighted by Gasteiger charge is -2.01. The van der Waals surface area contributed by atoms with Gasteiger partial charge in [0.05, 0.1) is 5.69 Å². The van der Waals surface area contributed by atoms with Crippen molar-refractivity contribution in [2.75, 3.05) is 0 Å². The van der Waals surface area contributed by atoms with Gasteiger partial charge in [0.2, 0.25) is 0 Å². The minimum atomic E-state index is 0.152. The molecule has 1 aromatic rings. The Bertz CT molecular complexity index is 287. The molecule has 78 valence electrons. The van der Waals surface area contributed by atoms with E-state index in [-0.39, 0.29) is 6.04 Å². The standard InChI is InChI=1S/C11H18N2O/c1-8(12)6-10-7-11(13-14-10)9-4-2-3-5-9/h7-9H,2-6,12H2,1H3. The van der Waals surface area contributed by atoms with Crippen LogP contribution in [0.4, 0.5) is 0 Å². The van der Waals surface area contributed by atoms with Gasteiger partial charge in [-0.1, -0.05) is 18.0 Å². The van der Waals surface area contributed by atoms with E-state index in [0.29, 0.717) is 5.92 Å². The van der Waals surface area contributed by atoms with E-state index in [1.807, 2.05) is 6.92 Å². The van der Waals surface area contributed by atoms with Crippen LogP contribution in [0.25, 0.3) is 0 Å². The molecule has 0 spiro atoms. The second-order valence-electron chi connectivity index (χ2n) is 4.38. The van der Waals surface area contributed by atoms with Crippen LogP contribution in [0.5, 0.6) is 0 Å². The molecular weight excluding hydrogens is 176 g/mol. The van der Waals surface area contributed by atoms with Crippen LogP contribution >= 0.6 is 0 Å². The Labute approximate surface area is 84.7 Å². The van der Waals surface area contributed by atoms with Gasteiger partial charge in [0, 0.05) is 24.4 Å². The molecule has 1 aromatic heterocycles. The summed E-state index contributed by atoms with van der Waals surface area (Å²) >= 11 is 0. The third-order valence-electron chi connectivity index (χ3n) is 2.87. The van der Waals surface area contributed by atoms with Crippen molar-refractivity contribution in [2.24, 2.45) is 5.73 Å². The van der Waals surface area contributed by atoms with E-state index in [2.05, 4.69) is 11.2 Å². The number of nitrogens with zero attached hydrogens (tertiary/aromatic N) is 1. The lowest BCUT2D eigenvalue weighted by Crippen LogP contribution is -2.17. The molecule has 1 fully saturated rings.